The van der Waals surface area contributed by atoms with E-state index in [-0.39, 0.29) is 12.5 Å². The molecule has 2 aliphatic rings. The maximum Gasteiger partial charge on any atom is 0.389 e. The summed E-state index contributed by atoms with van der Waals surface area (Å²) in [6.45, 7) is 8.66. The fourth-order valence-electron chi connectivity index (χ4n) is 4.98. The summed E-state index contributed by atoms with van der Waals surface area (Å²) in [7, 11) is 0. The highest BCUT2D eigenvalue weighted by Gasteiger charge is 2.27. The molecule has 0 unspecified atom stereocenters. The Bertz CT molecular complexity index is 1150. The van der Waals surface area contributed by atoms with Gasteiger partial charge < -0.3 is 5.32 Å². The van der Waals surface area contributed by atoms with Gasteiger partial charge in [-0.1, -0.05) is 18.7 Å². The van der Waals surface area contributed by atoms with Crippen LogP contribution in [0, 0.1) is 18.3 Å². The van der Waals surface area contributed by atoms with E-state index in [1.165, 1.54) is 22.3 Å². The predicted molar refractivity (Wildman–Crippen MR) is 134 cm³/mol. The van der Waals surface area contributed by atoms with Crippen molar-refractivity contribution < 1.29 is 13.2 Å². The van der Waals surface area contributed by atoms with Gasteiger partial charge in [-0.25, -0.2) is 0 Å². The summed E-state index contributed by atoms with van der Waals surface area (Å²) in [5.41, 5.74) is 8.20. The number of piperidine rings is 1. The number of hydrogen-bond acceptors (Lipinski definition) is 4. The number of aryl methyl sites for hydroxylation is 1. The van der Waals surface area contributed by atoms with Crippen LogP contribution in [0.15, 0.2) is 36.5 Å². The van der Waals surface area contributed by atoms with Crippen molar-refractivity contribution in [2.24, 2.45) is 0 Å². The Kier molecular flexibility index (Phi) is 7.61. The molecule has 7 heteroatoms. The van der Waals surface area contributed by atoms with Crippen LogP contribution in [0.4, 0.5) is 18.9 Å². The van der Waals surface area contributed by atoms with Crippen molar-refractivity contribution >= 4 is 17.8 Å². The van der Waals surface area contributed by atoms with E-state index in [1.54, 1.807) is 12.3 Å². The summed E-state index contributed by atoms with van der Waals surface area (Å²) < 4.78 is 37.8. The molecule has 0 bridgehead atoms. The first-order valence-corrected chi connectivity index (χ1v) is 12.1. The minimum atomic E-state index is -4.14. The zero-order valence-corrected chi connectivity index (χ0v) is 20.1. The van der Waals surface area contributed by atoms with E-state index in [9.17, 15) is 18.4 Å². The van der Waals surface area contributed by atoms with Gasteiger partial charge in [0.25, 0.3) is 0 Å². The van der Waals surface area contributed by atoms with E-state index in [0.29, 0.717) is 12.1 Å². The SMILES string of the molecule is C=Cc1cc(NC2CCN(Cc3ccc4c(c3C)C=C(C#N)C4)CC2)c(CCCC(F)(F)F)cn1. The molecule has 1 fully saturated rings. The van der Waals surface area contributed by atoms with E-state index in [1.807, 2.05) is 12.1 Å². The Morgan fingerprint density at radius 3 is 2.71 bits per heavy atom. The van der Waals surface area contributed by atoms with Crippen molar-refractivity contribution in [2.75, 3.05) is 18.4 Å². The van der Waals surface area contributed by atoms with Gasteiger partial charge in [0.1, 0.15) is 0 Å². The monoisotopic (exact) mass is 480 g/mol. The fraction of sp³-hybridized carbons (Fsp3) is 0.429. The molecule has 1 aromatic heterocycles. The molecule has 2 aromatic rings. The fourth-order valence-corrected chi connectivity index (χ4v) is 4.98. The zero-order valence-electron chi connectivity index (χ0n) is 20.1. The number of pyridine rings is 1. The van der Waals surface area contributed by atoms with Crippen LogP contribution in [0.2, 0.25) is 0 Å². The van der Waals surface area contributed by atoms with Gasteiger partial charge in [-0.3, -0.25) is 9.88 Å². The summed E-state index contributed by atoms with van der Waals surface area (Å²) in [6.07, 6.45) is 3.44. The Balaban J connectivity index is 1.36. The number of allylic oxidation sites excluding steroid dienone is 1. The van der Waals surface area contributed by atoms with Gasteiger partial charge in [0.05, 0.1) is 11.8 Å². The molecule has 0 atom stereocenters. The Labute approximate surface area is 205 Å². The van der Waals surface area contributed by atoms with E-state index in [0.717, 1.165) is 55.7 Å². The average Bonchev–Trinajstić information content (AvgIpc) is 3.26. The maximum absolute atomic E-state index is 12.6. The van der Waals surface area contributed by atoms with Crippen molar-refractivity contribution in [3.8, 4) is 6.07 Å². The van der Waals surface area contributed by atoms with Crippen molar-refractivity contribution in [3.63, 3.8) is 0 Å². The van der Waals surface area contributed by atoms with Crippen LogP contribution in [0.25, 0.3) is 12.2 Å². The second kappa shape index (κ2) is 10.7. The summed E-state index contributed by atoms with van der Waals surface area (Å²) in [6, 6.07) is 8.76. The lowest BCUT2D eigenvalue weighted by Crippen LogP contribution is -2.39. The zero-order chi connectivity index (χ0) is 25.0. The number of aromatic nitrogens is 1. The van der Waals surface area contributed by atoms with E-state index in [2.05, 4.69) is 46.9 Å². The number of anilines is 1. The van der Waals surface area contributed by atoms with E-state index in [4.69, 9.17) is 0 Å². The molecule has 1 aliphatic heterocycles. The first-order valence-electron chi connectivity index (χ1n) is 12.1. The molecule has 1 aromatic carbocycles. The average molecular weight is 481 g/mol. The molecule has 1 aliphatic carbocycles. The van der Waals surface area contributed by atoms with Gasteiger partial charge >= 0.3 is 6.18 Å². The molecule has 4 rings (SSSR count). The number of nitriles is 1. The molecule has 1 N–H and O–H groups in total. The largest absolute Gasteiger partial charge is 0.389 e. The second-order valence-corrected chi connectivity index (χ2v) is 9.51. The van der Waals surface area contributed by atoms with Crippen LogP contribution in [0.3, 0.4) is 0 Å². The van der Waals surface area contributed by atoms with Crippen molar-refractivity contribution in [1.29, 1.82) is 5.26 Å². The molecule has 0 radical (unpaired) electrons. The van der Waals surface area contributed by atoms with Gasteiger partial charge in [0.2, 0.25) is 0 Å². The van der Waals surface area contributed by atoms with Crippen LogP contribution in [0.1, 0.15) is 59.2 Å². The quantitative estimate of drug-likeness (QED) is 0.471. The van der Waals surface area contributed by atoms with Crippen molar-refractivity contribution in [1.82, 2.24) is 9.88 Å². The molecule has 1 saturated heterocycles. The third-order valence-corrected chi connectivity index (χ3v) is 7.02. The summed E-state index contributed by atoms with van der Waals surface area (Å²) in [5.74, 6) is 0. The minimum Gasteiger partial charge on any atom is -0.382 e. The molecule has 2 heterocycles. The molecular weight excluding hydrogens is 449 g/mol. The van der Waals surface area contributed by atoms with Crippen LogP contribution in [0.5, 0.6) is 0 Å². The first kappa shape index (κ1) is 25.0. The van der Waals surface area contributed by atoms with E-state index >= 15 is 0 Å². The van der Waals surface area contributed by atoms with Crippen LogP contribution in [-0.2, 0) is 19.4 Å². The molecule has 0 amide bonds. The highest BCUT2D eigenvalue weighted by molar-refractivity contribution is 5.70. The Morgan fingerprint density at radius 2 is 2.03 bits per heavy atom. The lowest BCUT2D eigenvalue weighted by Gasteiger charge is -2.33. The molecule has 184 valence electrons. The number of hydrogen-bond donors (Lipinski definition) is 1. The number of benzene rings is 1. The van der Waals surface area contributed by atoms with Crippen LogP contribution in [-0.4, -0.2) is 35.2 Å². The summed E-state index contributed by atoms with van der Waals surface area (Å²) in [4.78, 5) is 6.75. The highest BCUT2D eigenvalue weighted by atomic mass is 19.4. The number of nitrogens with zero attached hydrogens (tertiary/aromatic N) is 3. The molecule has 4 nitrogen and oxygen atoms in total. The third-order valence-electron chi connectivity index (χ3n) is 7.02. The van der Waals surface area contributed by atoms with Crippen LogP contribution < -0.4 is 5.32 Å². The Hall–Kier alpha value is -3.11. The van der Waals surface area contributed by atoms with Crippen molar-refractivity contribution in [3.05, 3.63) is 70.1 Å². The smallest absolute Gasteiger partial charge is 0.382 e. The molecule has 0 spiro atoms. The van der Waals surface area contributed by atoms with Gasteiger partial charge in [-0.15, -0.1) is 0 Å². The van der Waals surface area contributed by atoms with Gasteiger partial charge in [0.15, 0.2) is 0 Å². The summed E-state index contributed by atoms with van der Waals surface area (Å²) >= 11 is 0. The maximum atomic E-state index is 12.6. The van der Waals surface area contributed by atoms with Crippen molar-refractivity contribution in [2.45, 2.75) is 64.2 Å². The minimum absolute atomic E-state index is 0.0525. The number of alkyl halides is 3. The topological polar surface area (TPSA) is 52.0 Å². The van der Waals surface area contributed by atoms with Gasteiger partial charge in [-0.05, 0) is 78.6 Å². The number of likely N-dealkylation sites (tertiary alicyclic amines) is 1. The molecule has 0 saturated carbocycles. The van der Waals surface area contributed by atoms with Gasteiger partial charge in [-0.2, -0.15) is 18.4 Å². The van der Waals surface area contributed by atoms with Gasteiger partial charge in [0, 0.05) is 56.0 Å². The number of nitrogens with one attached hydrogen (secondary N) is 1. The summed E-state index contributed by atoms with van der Waals surface area (Å²) in [5, 5.41) is 12.8. The van der Waals surface area contributed by atoms with E-state index < -0.39 is 12.6 Å². The standard InChI is InChI=1S/C28H31F3N4/c1-3-24-15-27(22(17-33-24)5-4-10-28(29,30)31)34-25-8-11-35(12-9-25)18-23-7-6-21-13-20(16-32)14-26(21)19(23)2/h3,6-7,14-15,17,25H,1,4-5,8-13,18H2,2H3,(H,33,34). The lowest BCUT2D eigenvalue weighted by atomic mass is 9.97. The number of fused-ring (bicyclic) bond motifs is 1. The molecular formula is C28H31F3N4. The predicted octanol–water partition coefficient (Wildman–Crippen LogP) is 6.46. The highest BCUT2D eigenvalue weighted by Crippen LogP contribution is 2.31. The lowest BCUT2D eigenvalue weighted by molar-refractivity contribution is -0.135. The first-order chi connectivity index (χ1) is 16.8. The normalized spacial score (nSPS) is 16.5. The van der Waals surface area contributed by atoms with Crippen LogP contribution >= 0.6 is 0 Å². The molecule has 35 heavy (non-hydrogen) atoms. The number of rotatable bonds is 8. The third kappa shape index (κ3) is 6.32. The second-order valence-electron chi connectivity index (χ2n) is 9.51. The Morgan fingerprint density at radius 1 is 1.26 bits per heavy atom. The number of halogens is 3.